The van der Waals surface area contributed by atoms with Crippen molar-refractivity contribution in [2.75, 3.05) is 4.90 Å². The van der Waals surface area contributed by atoms with E-state index >= 15 is 0 Å². The van der Waals surface area contributed by atoms with E-state index in [0.29, 0.717) is 13.1 Å². The topological polar surface area (TPSA) is 40.6 Å². The van der Waals surface area contributed by atoms with Crippen molar-refractivity contribution >= 4 is 60.6 Å². The predicted octanol–water partition coefficient (Wildman–Crippen LogP) is 7.93. The number of fused-ring (bicyclic) bond motifs is 2. The second kappa shape index (κ2) is 8.18. The standard InChI is InChI=1S/C36H24N2O2/c1-3-8-23(4-2)37-19-21-11-13-25-28-16-18-30-32-22(20-38(36(30)40)24-9-6-5-7-10-24)12-14-26(34(28)32)27-15-17-29(35(37)39)31(21)33(25)27/h3-4,6,8-18H,19-20H2,1-2H3/b8-3-,23-4+. The van der Waals surface area contributed by atoms with E-state index in [-0.39, 0.29) is 11.8 Å². The Morgan fingerprint density at radius 3 is 1.88 bits per heavy atom. The molecule has 0 aromatic heterocycles. The highest BCUT2D eigenvalue weighted by atomic mass is 16.2. The zero-order valence-corrected chi connectivity index (χ0v) is 22.2. The highest BCUT2D eigenvalue weighted by Gasteiger charge is 2.32. The summed E-state index contributed by atoms with van der Waals surface area (Å²) < 4.78 is 0. The van der Waals surface area contributed by atoms with Gasteiger partial charge in [-0.05, 0) is 87.6 Å². The van der Waals surface area contributed by atoms with Crippen LogP contribution >= 0.6 is 0 Å². The predicted molar refractivity (Wildman–Crippen MR) is 161 cm³/mol. The van der Waals surface area contributed by atoms with Crippen LogP contribution in [-0.4, -0.2) is 16.7 Å². The molecule has 0 N–H and O–H groups in total. The molecular formula is C36H24N2O2. The van der Waals surface area contributed by atoms with Gasteiger partial charge in [0.05, 0.1) is 18.8 Å². The number of allylic oxidation sites excluding steroid dienone is 3. The van der Waals surface area contributed by atoms with Crippen molar-refractivity contribution < 1.29 is 9.59 Å². The minimum Gasteiger partial charge on any atom is -0.304 e. The maximum atomic E-state index is 13.8. The van der Waals surface area contributed by atoms with Gasteiger partial charge in [0, 0.05) is 33.7 Å². The molecule has 0 radical (unpaired) electrons. The van der Waals surface area contributed by atoms with E-state index in [4.69, 9.17) is 0 Å². The lowest BCUT2D eigenvalue weighted by Gasteiger charge is -2.32. The molecule has 0 saturated carbocycles. The number of carbonyl (C=O) groups excluding carboxylic acids is 2. The average molecular weight is 517 g/mol. The number of hydrogen-bond acceptors (Lipinski definition) is 2. The van der Waals surface area contributed by atoms with Gasteiger partial charge in [-0.15, -0.1) is 0 Å². The Labute approximate surface area is 231 Å². The first-order valence-corrected chi connectivity index (χ1v) is 13.6. The Morgan fingerprint density at radius 2 is 1.30 bits per heavy atom. The van der Waals surface area contributed by atoms with Gasteiger partial charge in [0.2, 0.25) is 0 Å². The quantitative estimate of drug-likeness (QED) is 0.136. The zero-order valence-electron chi connectivity index (χ0n) is 22.2. The van der Waals surface area contributed by atoms with E-state index in [1.54, 1.807) is 6.07 Å². The monoisotopic (exact) mass is 516 g/mol. The highest BCUT2D eigenvalue weighted by molar-refractivity contribution is 6.37. The van der Waals surface area contributed by atoms with Gasteiger partial charge in [0.25, 0.3) is 11.8 Å². The average Bonchev–Trinajstić information content (AvgIpc) is 3.00. The van der Waals surface area contributed by atoms with Crippen molar-refractivity contribution in [2.45, 2.75) is 26.9 Å². The molecule has 2 heterocycles. The molecular weight excluding hydrogens is 492 g/mol. The summed E-state index contributed by atoms with van der Waals surface area (Å²) in [6, 6.07) is 28.3. The maximum Gasteiger partial charge on any atom is 0.259 e. The number of amides is 2. The van der Waals surface area contributed by atoms with Crippen LogP contribution in [0.3, 0.4) is 0 Å². The molecule has 4 nitrogen and oxygen atoms in total. The lowest BCUT2D eigenvalue weighted by molar-refractivity contribution is 0.0797. The van der Waals surface area contributed by atoms with Crippen LogP contribution in [0.5, 0.6) is 0 Å². The minimum atomic E-state index is -0.00144. The normalized spacial score (nSPS) is 15.4. The van der Waals surface area contributed by atoms with Crippen molar-refractivity contribution in [1.82, 2.24) is 4.90 Å². The Hall–Kier alpha value is -5.14. The van der Waals surface area contributed by atoms with Gasteiger partial charge in [-0.2, -0.15) is 0 Å². The Morgan fingerprint density at radius 1 is 0.700 bits per heavy atom. The van der Waals surface area contributed by atoms with Crippen molar-refractivity contribution in [2.24, 2.45) is 0 Å². The molecule has 6 aromatic rings. The fourth-order valence-electron chi connectivity index (χ4n) is 6.86. The Kier molecular flexibility index (Phi) is 4.66. The van der Waals surface area contributed by atoms with Gasteiger partial charge in [0.1, 0.15) is 0 Å². The van der Waals surface area contributed by atoms with Crippen LogP contribution < -0.4 is 4.90 Å². The molecule has 190 valence electrons. The van der Waals surface area contributed by atoms with Crippen LogP contribution in [0.1, 0.15) is 45.7 Å². The summed E-state index contributed by atoms with van der Waals surface area (Å²) in [5, 5.41) is 8.82. The minimum absolute atomic E-state index is 0.00144. The molecule has 0 spiro atoms. The molecule has 0 atom stereocenters. The largest absolute Gasteiger partial charge is 0.304 e. The van der Waals surface area contributed by atoms with E-state index < -0.39 is 0 Å². The van der Waals surface area contributed by atoms with Gasteiger partial charge in [-0.3, -0.25) is 9.59 Å². The number of rotatable bonds is 3. The molecule has 6 aromatic carbocycles. The molecule has 4 heteroatoms. The smallest absolute Gasteiger partial charge is 0.259 e. The summed E-state index contributed by atoms with van der Waals surface area (Å²) in [4.78, 5) is 31.2. The van der Waals surface area contributed by atoms with Crippen LogP contribution in [0.2, 0.25) is 0 Å². The summed E-state index contributed by atoms with van der Waals surface area (Å²) in [5.41, 5.74) is 5.46. The molecule has 2 aliphatic rings. The number of hydrogen-bond donors (Lipinski definition) is 0. The first-order chi connectivity index (χ1) is 19.6. The lowest BCUT2D eigenvalue weighted by atomic mass is 9.82. The second-order valence-electron chi connectivity index (χ2n) is 10.6. The SMILES string of the molecule is C/C=C\C(=C/C)N1Cc2ccc3c4ccc5c6c(ccc(c7ccc(c2c73)C1=O)c64)CN(c1cc#ccc1)C5=O. The van der Waals surface area contributed by atoms with Gasteiger partial charge < -0.3 is 9.80 Å². The fourth-order valence-corrected chi connectivity index (χ4v) is 6.86. The molecule has 40 heavy (non-hydrogen) atoms. The van der Waals surface area contributed by atoms with E-state index in [1.165, 1.54) is 0 Å². The molecule has 0 saturated heterocycles. The summed E-state index contributed by atoms with van der Waals surface area (Å²) >= 11 is 0. The molecule has 0 aliphatic carbocycles. The molecule has 8 rings (SSSR count). The lowest BCUT2D eigenvalue weighted by Crippen LogP contribution is -2.33. The van der Waals surface area contributed by atoms with Crippen LogP contribution in [0.25, 0.3) is 43.1 Å². The van der Waals surface area contributed by atoms with Crippen LogP contribution in [0.4, 0.5) is 5.69 Å². The van der Waals surface area contributed by atoms with Crippen molar-refractivity contribution in [3.63, 3.8) is 0 Å². The van der Waals surface area contributed by atoms with Gasteiger partial charge in [-0.1, -0.05) is 60.7 Å². The van der Waals surface area contributed by atoms with Crippen LogP contribution in [0, 0.1) is 12.1 Å². The summed E-state index contributed by atoms with van der Waals surface area (Å²) in [5.74, 6) is 0.0262. The van der Waals surface area contributed by atoms with E-state index in [2.05, 4.69) is 48.5 Å². The van der Waals surface area contributed by atoms with Gasteiger partial charge in [0.15, 0.2) is 0 Å². The number of carbonyl (C=O) groups is 2. The third kappa shape index (κ3) is 2.87. The molecule has 2 amide bonds. The summed E-state index contributed by atoms with van der Waals surface area (Å²) in [6.07, 6.45) is 5.94. The second-order valence-corrected chi connectivity index (χ2v) is 10.6. The van der Waals surface area contributed by atoms with Gasteiger partial charge in [-0.25, -0.2) is 0 Å². The maximum absolute atomic E-state index is 13.8. The molecule has 2 aliphatic heterocycles. The molecule has 0 unspecified atom stereocenters. The van der Waals surface area contributed by atoms with Crippen molar-refractivity contribution in [3.8, 4) is 0 Å². The van der Waals surface area contributed by atoms with Crippen molar-refractivity contribution in [3.05, 3.63) is 125 Å². The first-order valence-electron chi connectivity index (χ1n) is 13.6. The number of nitrogens with zero attached hydrogens (tertiary/aromatic N) is 2. The summed E-state index contributed by atoms with van der Waals surface area (Å²) in [6.45, 7) is 4.98. The summed E-state index contributed by atoms with van der Waals surface area (Å²) in [7, 11) is 0. The Bertz CT molecular complexity index is 2100. The van der Waals surface area contributed by atoms with Crippen LogP contribution in [0.15, 0.2) is 90.7 Å². The Balaban J connectivity index is 1.40. The third-order valence-electron chi connectivity index (χ3n) is 8.58. The number of anilines is 1. The zero-order chi connectivity index (χ0) is 27.1. The highest BCUT2D eigenvalue weighted by Crippen LogP contribution is 2.46. The third-order valence-corrected chi connectivity index (χ3v) is 8.58. The van der Waals surface area contributed by atoms with Crippen molar-refractivity contribution in [1.29, 1.82) is 0 Å². The van der Waals surface area contributed by atoms with Gasteiger partial charge >= 0.3 is 0 Å². The number of benzene rings is 5. The molecule has 0 bridgehead atoms. The molecule has 0 fully saturated rings. The van der Waals surface area contributed by atoms with E-state index in [9.17, 15) is 9.59 Å². The van der Waals surface area contributed by atoms with E-state index in [1.807, 2.05) is 66.1 Å². The fraction of sp³-hybridized carbons (Fsp3) is 0.111. The first kappa shape index (κ1) is 22.8. The van der Waals surface area contributed by atoms with Crippen LogP contribution in [-0.2, 0) is 13.1 Å². The van der Waals surface area contributed by atoms with E-state index in [0.717, 1.165) is 76.7 Å².